The summed E-state index contributed by atoms with van der Waals surface area (Å²) >= 11 is 0. The highest BCUT2D eigenvalue weighted by Crippen LogP contribution is 2.26. The van der Waals surface area contributed by atoms with Gasteiger partial charge in [-0.15, -0.1) is 0 Å². The van der Waals surface area contributed by atoms with Crippen LogP contribution in [0.25, 0.3) is 0 Å². The number of aliphatic hydroxyl groups excluding tert-OH is 1. The lowest BCUT2D eigenvalue weighted by Crippen LogP contribution is -2.14. The van der Waals surface area contributed by atoms with Crippen LogP contribution in [0.15, 0.2) is 41.8 Å². The lowest BCUT2D eigenvalue weighted by molar-refractivity contribution is 0.280. The third-order valence-corrected chi connectivity index (χ3v) is 3.93. The molecule has 0 aliphatic carbocycles. The number of benzene rings is 1. The zero-order valence-electron chi connectivity index (χ0n) is 10.6. The van der Waals surface area contributed by atoms with Crippen LogP contribution < -0.4 is 9.46 Å². The predicted octanol–water partition coefficient (Wildman–Crippen LogP) is 0.778. The van der Waals surface area contributed by atoms with E-state index in [9.17, 15) is 8.42 Å². The van der Waals surface area contributed by atoms with Gasteiger partial charge >= 0.3 is 0 Å². The molecular formula is C12H13N3O4S. The Bertz CT molecular complexity index is 689. The van der Waals surface area contributed by atoms with Gasteiger partial charge in [0.05, 0.1) is 31.8 Å². The topological polar surface area (TPSA) is 101 Å². The Labute approximate surface area is 116 Å². The Balaban J connectivity index is 2.39. The van der Waals surface area contributed by atoms with Gasteiger partial charge in [-0.1, -0.05) is 6.07 Å². The van der Waals surface area contributed by atoms with Crippen LogP contribution in [0.3, 0.4) is 0 Å². The molecule has 2 N–H and O–H groups in total. The maximum atomic E-state index is 12.3. The molecule has 0 unspecified atom stereocenters. The Hall–Kier alpha value is -2.19. The summed E-state index contributed by atoms with van der Waals surface area (Å²) in [4.78, 5) is 7.43. The maximum absolute atomic E-state index is 12.3. The Morgan fingerprint density at radius 3 is 2.60 bits per heavy atom. The Morgan fingerprint density at radius 1 is 1.30 bits per heavy atom. The van der Waals surface area contributed by atoms with Crippen LogP contribution in [0.1, 0.15) is 5.56 Å². The molecule has 1 heterocycles. The van der Waals surface area contributed by atoms with E-state index in [-0.39, 0.29) is 22.9 Å². The first-order valence-electron chi connectivity index (χ1n) is 5.62. The van der Waals surface area contributed by atoms with Gasteiger partial charge in [-0.05, 0) is 17.7 Å². The van der Waals surface area contributed by atoms with Gasteiger partial charge in [0.25, 0.3) is 10.0 Å². The van der Waals surface area contributed by atoms with Crippen LogP contribution in [0, 0.1) is 0 Å². The summed E-state index contributed by atoms with van der Waals surface area (Å²) in [5, 5.41) is 9.05. The molecule has 8 heteroatoms. The molecule has 7 nitrogen and oxygen atoms in total. The van der Waals surface area contributed by atoms with Crippen molar-refractivity contribution < 1.29 is 18.3 Å². The van der Waals surface area contributed by atoms with E-state index in [4.69, 9.17) is 9.84 Å². The first-order valence-corrected chi connectivity index (χ1v) is 7.11. The highest BCUT2D eigenvalue weighted by Gasteiger charge is 2.20. The zero-order chi connectivity index (χ0) is 14.6. The highest BCUT2D eigenvalue weighted by atomic mass is 32.2. The molecule has 2 rings (SSSR count). The van der Waals surface area contributed by atoms with Gasteiger partial charge in [0.15, 0.2) is 0 Å². The molecule has 0 amide bonds. The van der Waals surface area contributed by atoms with E-state index in [1.54, 1.807) is 0 Å². The maximum Gasteiger partial charge on any atom is 0.265 e. The highest BCUT2D eigenvalue weighted by molar-refractivity contribution is 7.92. The number of ether oxygens (including phenoxy) is 1. The molecule has 106 valence electrons. The fourth-order valence-electron chi connectivity index (χ4n) is 1.59. The largest absolute Gasteiger partial charge is 0.495 e. The van der Waals surface area contributed by atoms with E-state index >= 15 is 0 Å². The molecule has 0 aliphatic rings. The number of aliphatic hydroxyl groups is 1. The summed E-state index contributed by atoms with van der Waals surface area (Å²) in [6.45, 7) is -0.198. The summed E-state index contributed by atoms with van der Waals surface area (Å²) < 4.78 is 31.9. The van der Waals surface area contributed by atoms with E-state index in [2.05, 4.69) is 14.7 Å². The van der Waals surface area contributed by atoms with E-state index in [1.165, 1.54) is 44.0 Å². The fraction of sp³-hybridized carbons (Fsp3) is 0.167. The smallest absolute Gasteiger partial charge is 0.265 e. The number of rotatable bonds is 5. The van der Waals surface area contributed by atoms with Crippen LogP contribution in [-0.2, 0) is 16.6 Å². The van der Waals surface area contributed by atoms with Crippen LogP contribution in [0.5, 0.6) is 5.75 Å². The summed E-state index contributed by atoms with van der Waals surface area (Å²) in [7, 11) is -2.46. The number of nitrogens with zero attached hydrogens (tertiary/aromatic N) is 2. The first kappa shape index (κ1) is 14.2. The predicted molar refractivity (Wildman–Crippen MR) is 71.8 cm³/mol. The quantitative estimate of drug-likeness (QED) is 0.845. The molecular weight excluding hydrogens is 282 g/mol. The zero-order valence-corrected chi connectivity index (χ0v) is 11.5. The molecule has 0 bridgehead atoms. The molecule has 0 spiro atoms. The number of nitrogens with one attached hydrogen (secondary N) is 1. The number of hydrogen-bond acceptors (Lipinski definition) is 6. The van der Waals surface area contributed by atoms with Crippen molar-refractivity contribution in [2.45, 2.75) is 11.5 Å². The molecule has 0 aliphatic heterocycles. The Kier molecular flexibility index (Phi) is 4.16. The van der Waals surface area contributed by atoms with Gasteiger partial charge < -0.3 is 9.84 Å². The van der Waals surface area contributed by atoms with Crippen molar-refractivity contribution >= 4 is 15.7 Å². The van der Waals surface area contributed by atoms with Crippen molar-refractivity contribution in [1.29, 1.82) is 0 Å². The minimum absolute atomic E-state index is 0.0268. The van der Waals surface area contributed by atoms with Gasteiger partial charge in [0.2, 0.25) is 0 Å². The second kappa shape index (κ2) is 5.85. The molecule has 1 aromatic carbocycles. The number of sulfonamides is 1. The van der Waals surface area contributed by atoms with Gasteiger partial charge in [-0.3, -0.25) is 4.72 Å². The van der Waals surface area contributed by atoms with Crippen molar-refractivity contribution in [1.82, 2.24) is 9.97 Å². The summed E-state index contributed by atoms with van der Waals surface area (Å²) in [6, 6.07) is 4.35. The number of hydrogen-bond donors (Lipinski definition) is 2. The molecule has 1 aromatic heterocycles. The third-order valence-electron chi connectivity index (χ3n) is 2.51. The third kappa shape index (κ3) is 3.03. The molecule has 0 fully saturated rings. The van der Waals surface area contributed by atoms with E-state index in [0.29, 0.717) is 5.56 Å². The average molecular weight is 295 g/mol. The number of anilines is 1. The van der Waals surface area contributed by atoms with Crippen LogP contribution >= 0.6 is 0 Å². The molecule has 0 saturated heterocycles. The minimum atomic E-state index is -3.82. The van der Waals surface area contributed by atoms with Crippen molar-refractivity contribution in [3.63, 3.8) is 0 Å². The van der Waals surface area contributed by atoms with Crippen LogP contribution in [0.2, 0.25) is 0 Å². The van der Waals surface area contributed by atoms with Crippen molar-refractivity contribution in [2.24, 2.45) is 0 Å². The van der Waals surface area contributed by atoms with E-state index < -0.39 is 10.0 Å². The Morgan fingerprint density at radius 2 is 2.00 bits per heavy atom. The SMILES string of the molecule is COc1cc(CO)ccc1S(=O)(=O)Nc1cncnc1. The lowest BCUT2D eigenvalue weighted by atomic mass is 10.2. The van der Waals surface area contributed by atoms with Crippen molar-refractivity contribution in [2.75, 3.05) is 11.8 Å². The van der Waals surface area contributed by atoms with E-state index in [1.807, 2.05) is 0 Å². The van der Waals surface area contributed by atoms with E-state index in [0.717, 1.165) is 0 Å². The summed E-state index contributed by atoms with van der Waals surface area (Å²) in [5.74, 6) is 0.154. The lowest BCUT2D eigenvalue weighted by Gasteiger charge is -2.12. The van der Waals surface area contributed by atoms with Gasteiger partial charge in [0.1, 0.15) is 17.0 Å². The standard InChI is InChI=1S/C12H13N3O4S/c1-19-11-4-9(7-16)2-3-12(11)20(17,18)15-10-5-13-8-14-6-10/h2-6,8,15-16H,7H2,1H3. The van der Waals surface area contributed by atoms with Crippen molar-refractivity contribution in [3.05, 3.63) is 42.5 Å². The second-order valence-corrected chi connectivity index (χ2v) is 5.53. The van der Waals surface area contributed by atoms with Crippen molar-refractivity contribution in [3.8, 4) is 5.75 Å². The molecule has 20 heavy (non-hydrogen) atoms. The average Bonchev–Trinajstić information content (AvgIpc) is 2.47. The van der Waals surface area contributed by atoms with Crippen LogP contribution in [-0.4, -0.2) is 30.6 Å². The molecule has 0 saturated carbocycles. The van der Waals surface area contributed by atoms with Gasteiger partial charge in [0, 0.05) is 0 Å². The number of methoxy groups -OCH3 is 1. The second-order valence-electron chi connectivity index (χ2n) is 3.88. The normalized spacial score (nSPS) is 11.1. The fourth-order valence-corrected chi connectivity index (χ4v) is 2.77. The number of aromatic nitrogens is 2. The first-order chi connectivity index (χ1) is 9.56. The molecule has 0 radical (unpaired) electrons. The van der Waals surface area contributed by atoms with Crippen LogP contribution in [0.4, 0.5) is 5.69 Å². The summed E-state index contributed by atoms with van der Waals surface area (Å²) in [6.07, 6.45) is 3.99. The monoisotopic (exact) mass is 295 g/mol. The minimum Gasteiger partial charge on any atom is -0.495 e. The molecule has 2 aromatic rings. The van der Waals surface area contributed by atoms with Gasteiger partial charge in [-0.25, -0.2) is 18.4 Å². The van der Waals surface area contributed by atoms with Gasteiger partial charge in [-0.2, -0.15) is 0 Å². The summed E-state index contributed by atoms with van der Waals surface area (Å²) in [5.41, 5.74) is 0.810. The molecule has 0 atom stereocenters.